The van der Waals surface area contributed by atoms with Crippen LogP contribution in [-0.2, 0) is 5.54 Å². The van der Waals surface area contributed by atoms with Gasteiger partial charge in [-0.1, -0.05) is 30.8 Å². The Hall–Kier alpha value is -0.980. The van der Waals surface area contributed by atoms with Gasteiger partial charge >= 0.3 is 0 Å². The Bertz CT molecular complexity index is 466. The van der Waals surface area contributed by atoms with Crippen LogP contribution in [0.3, 0.4) is 0 Å². The Morgan fingerprint density at radius 1 is 1.14 bits per heavy atom. The third-order valence-corrected chi connectivity index (χ3v) is 5.01. The lowest BCUT2D eigenvalue weighted by molar-refractivity contribution is 0.108. The fourth-order valence-electron chi connectivity index (χ4n) is 3.43. The highest BCUT2D eigenvalue weighted by Gasteiger charge is 2.36. The number of aromatic nitrogens is 2. The van der Waals surface area contributed by atoms with Crippen molar-refractivity contribution in [3.63, 3.8) is 0 Å². The summed E-state index contributed by atoms with van der Waals surface area (Å²) < 4.78 is 5.57. The molecule has 0 radical (unpaired) electrons. The summed E-state index contributed by atoms with van der Waals surface area (Å²) in [6, 6.07) is 0.204. The van der Waals surface area contributed by atoms with Crippen molar-refractivity contribution in [1.29, 1.82) is 0 Å². The number of nitrogens with two attached hydrogens (primary N) is 1. The summed E-state index contributed by atoms with van der Waals surface area (Å²) >= 11 is 0. The van der Waals surface area contributed by atoms with Gasteiger partial charge in [-0.2, -0.15) is 4.98 Å². The molecule has 1 aromatic heterocycles. The molecule has 118 valence electrons. The van der Waals surface area contributed by atoms with Crippen molar-refractivity contribution in [2.24, 2.45) is 5.73 Å². The zero-order valence-corrected chi connectivity index (χ0v) is 13.2. The average Bonchev–Trinajstić information content (AvgIpc) is 2.86. The molecule has 0 spiro atoms. The molecule has 1 saturated heterocycles. The van der Waals surface area contributed by atoms with Crippen LogP contribution >= 0.6 is 0 Å². The molecule has 2 N–H and O–H groups in total. The summed E-state index contributed by atoms with van der Waals surface area (Å²) in [5.41, 5.74) is 6.15. The van der Waals surface area contributed by atoms with Crippen LogP contribution in [0.1, 0.15) is 56.3 Å². The molecule has 1 saturated carbocycles. The van der Waals surface area contributed by atoms with Gasteiger partial charge in [0.05, 0.1) is 11.6 Å². The number of hydrogen-bond donors (Lipinski definition) is 1. The molecule has 21 heavy (non-hydrogen) atoms. The van der Waals surface area contributed by atoms with Crippen LogP contribution in [0.25, 0.3) is 0 Å². The molecular weight excluding hydrogens is 266 g/mol. The lowest BCUT2D eigenvalue weighted by Crippen LogP contribution is -2.45. The Balaban J connectivity index is 1.79. The van der Waals surface area contributed by atoms with Crippen molar-refractivity contribution in [3.8, 4) is 0 Å². The first kappa shape index (κ1) is 14.9. The van der Waals surface area contributed by atoms with Crippen LogP contribution in [-0.4, -0.2) is 53.7 Å². The molecule has 1 aliphatic carbocycles. The molecule has 2 aliphatic rings. The predicted octanol–water partition coefficient (Wildman–Crippen LogP) is 1.50. The zero-order valence-electron chi connectivity index (χ0n) is 13.2. The summed E-state index contributed by atoms with van der Waals surface area (Å²) in [5.74, 6) is 1.43. The molecule has 0 bridgehead atoms. The summed E-state index contributed by atoms with van der Waals surface area (Å²) in [6.07, 6.45) is 6.73. The maximum atomic E-state index is 6.56. The molecule has 1 atom stereocenters. The first-order valence-electron chi connectivity index (χ1n) is 8.10. The van der Waals surface area contributed by atoms with Crippen molar-refractivity contribution in [1.82, 2.24) is 19.9 Å². The monoisotopic (exact) mass is 293 g/mol. The van der Waals surface area contributed by atoms with Gasteiger partial charge in [-0.25, -0.2) is 0 Å². The van der Waals surface area contributed by atoms with Crippen molar-refractivity contribution in [3.05, 3.63) is 11.7 Å². The van der Waals surface area contributed by atoms with Gasteiger partial charge in [0.25, 0.3) is 0 Å². The zero-order chi connectivity index (χ0) is 14.9. The first-order chi connectivity index (χ1) is 10.1. The second kappa shape index (κ2) is 6.02. The van der Waals surface area contributed by atoms with Crippen LogP contribution in [0.2, 0.25) is 0 Å². The minimum absolute atomic E-state index is 0.204. The van der Waals surface area contributed by atoms with Crippen LogP contribution in [0.5, 0.6) is 0 Å². The molecule has 1 aliphatic heterocycles. The van der Waals surface area contributed by atoms with Crippen molar-refractivity contribution in [2.75, 3.05) is 33.7 Å². The molecule has 3 rings (SSSR count). The predicted molar refractivity (Wildman–Crippen MR) is 80.7 cm³/mol. The minimum atomic E-state index is -0.416. The number of nitrogens with zero attached hydrogens (tertiary/aromatic N) is 4. The summed E-state index contributed by atoms with van der Waals surface area (Å²) in [6.45, 7) is 3.05. The van der Waals surface area contributed by atoms with Crippen LogP contribution < -0.4 is 5.73 Å². The van der Waals surface area contributed by atoms with Crippen LogP contribution in [0, 0.1) is 0 Å². The Labute approximate surface area is 126 Å². The number of hydrogen-bond acceptors (Lipinski definition) is 6. The molecule has 6 heteroatoms. The molecule has 0 aromatic carbocycles. The van der Waals surface area contributed by atoms with Gasteiger partial charge in [-0.3, -0.25) is 4.90 Å². The normalized spacial score (nSPS) is 28.4. The van der Waals surface area contributed by atoms with E-state index in [1.165, 1.54) is 12.8 Å². The van der Waals surface area contributed by atoms with E-state index < -0.39 is 5.54 Å². The molecule has 1 unspecified atom stereocenters. The third kappa shape index (κ3) is 3.12. The Kier molecular flexibility index (Phi) is 4.28. The second-order valence-electron chi connectivity index (χ2n) is 6.79. The average molecular weight is 293 g/mol. The standard InChI is InChI=1S/C15H27N5O/c1-19-9-10-20(2)12(11-19)13-17-14(21-18-13)15(16)7-5-3-4-6-8-15/h12H,3-11,16H2,1-2H3. The lowest BCUT2D eigenvalue weighted by Gasteiger charge is -2.35. The topological polar surface area (TPSA) is 71.4 Å². The fraction of sp³-hybridized carbons (Fsp3) is 0.867. The maximum Gasteiger partial charge on any atom is 0.246 e. The number of piperazine rings is 1. The fourth-order valence-corrected chi connectivity index (χ4v) is 3.43. The van der Waals surface area contributed by atoms with E-state index in [1.807, 2.05) is 0 Å². The van der Waals surface area contributed by atoms with Gasteiger partial charge < -0.3 is 15.2 Å². The minimum Gasteiger partial charge on any atom is -0.337 e. The number of rotatable bonds is 2. The maximum absolute atomic E-state index is 6.56. The van der Waals surface area contributed by atoms with E-state index in [0.29, 0.717) is 5.89 Å². The van der Waals surface area contributed by atoms with Gasteiger partial charge in [0, 0.05) is 19.6 Å². The van der Waals surface area contributed by atoms with Crippen molar-refractivity contribution < 1.29 is 4.52 Å². The third-order valence-electron chi connectivity index (χ3n) is 5.01. The van der Waals surface area contributed by atoms with E-state index in [2.05, 4.69) is 34.0 Å². The van der Waals surface area contributed by atoms with E-state index in [-0.39, 0.29) is 6.04 Å². The highest BCUT2D eigenvalue weighted by Crippen LogP contribution is 2.33. The first-order valence-corrected chi connectivity index (χ1v) is 8.10. The van der Waals surface area contributed by atoms with Crippen LogP contribution in [0.15, 0.2) is 4.52 Å². The molecule has 2 fully saturated rings. The molecule has 6 nitrogen and oxygen atoms in total. The summed E-state index contributed by atoms with van der Waals surface area (Å²) in [7, 11) is 4.26. The quantitative estimate of drug-likeness (QED) is 0.833. The second-order valence-corrected chi connectivity index (χ2v) is 6.79. The van der Waals surface area contributed by atoms with E-state index in [1.54, 1.807) is 0 Å². The van der Waals surface area contributed by atoms with E-state index in [0.717, 1.165) is 51.1 Å². The van der Waals surface area contributed by atoms with E-state index >= 15 is 0 Å². The Morgan fingerprint density at radius 3 is 2.57 bits per heavy atom. The molecular formula is C15H27N5O. The molecule has 0 amide bonds. The van der Waals surface area contributed by atoms with Crippen LogP contribution in [0.4, 0.5) is 0 Å². The van der Waals surface area contributed by atoms with Gasteiger partial charge in [0.2, 0.25) is 5.89 Å². The highest BCUT2D eigenvalue weighted by atomic mass is 16.5. The van der Waals surface area contributed by atoms with Gasteiger partial charge in [-0.15, -0.1) is 0 Å². The molecule has 2 heterocycles. The number of likely N-dealkylation sites (N-methyl/N-ethyl adjacent to an activating group) is 2. The largest absolute Gasteiger partial charge is 0.337 e. The summed E-state index contributed by atoms with van der Waals surface area (Å²) in [5, 5.41) is 4.24. The van der Waals surface area contributed by atoms with Crippen molar-refractivity contribution >= 4 is 0 Å². The van der Waals surface area contributed by atoms with Gasteiger partial charge in [-0.05, 0) is 26.9 Å². The summed E-state index contributed by atoms with van der Waals surface area (Å²) in [4.78, 5) is 9.29. The SMILES string of the molecule is CN1CCN(C)C(c2noc(C3(N)CCCCCC3)n2)C1. The van der Waals surface area contributed by atoms with Gasteiger partial charge in [0.1, 0.15) is 0 Å². The van der Waals surface area contributed by atoms with E-state index in [9.17, 15) is 0 Å². The smallest absolute Gasteiger partial charge is 0.246 e. The molecule has 1 aromatic rings. The van der Waals surface area contributed by atoms with Crippen molar-refractivity contribution in [2.45, 2.75) is 50.1 Å². The van der Waals surface area contributed by atoms with E-state index in [4.69, 9.17) is 10.3 Å². The lowest BCUT2D eigenvalue weighted by atomic mass is 9.91. The highest BCUT2D eigenvalue weighted by molar-refractivity contribution is 5.06. The van der Waals surface area contributed by atoms with Gasteiger partial charge in [0.15, 0.2) is 5.82 Å². The Morgan fingerprint density at radius 2 is 1.86 bits per heavy atom.